The maximum Gasteiger partial charge on any atom is 0.338 e. The molecule has 0 aromatic heterocycles. The van der Waals surface area contributed by atoms with Gasteiger partial charge >= 0.3 is 5.97 Å². The number of benzene rings is 2. The number of nitrogens with one attached hydrogen (secondary N) is 1. The zero-order valence-electron chi connectivity index (χ0n) is 14.4. The van der Waals surface area contributed by atoms with Crippen molar-refractivity contribution >= 4 is 11.7 Å². The Bertz CT molecular complexity index is 759. The molecule has 2 heterocycles. The molecular formula is C21H23NO3. The number of ether oxygens (including phenoxy) is 2. The fraction of sp³-hybridized carbons (Fsp3) is 0.381. The van der Waals surface area contributed by atoms with Crippen molar-refractivity contribution < 1.29 is 14.3 Å². The van der Waals surface area contributed by atoms with Gasteiger partial charge in [0.05, 0.1) is 24.3 Å². The van der Waals surface area contributed by atoms with Gasteiger partial charge in [-0.1, -0.05) is 30.3 Å². The zero-order valence-corrected chi connectivity index (χ0v) is 14.4. The second-order valence-corrected chi connectivity index (χ2v) is 6.65. The number of esters is 1. The maximum atomic E-state index is 12.1. The Kier molecular flexibility index (Phi) is 4.45. The number of carbonyl (C=O) groups is 1. The maximum absolute atomic E-state index is 12.1. The SMILES string of the molecule is CCOC(=O)c1ccc2c(c1)[C@H]1OCCC[C@H]1C(c1ccccc1)N2. The molecule has 4 heteroatoms. The van der Waals surface area contributed by atoms with Gasteiger partial charge in [-0.15, -0.1) is 0 Å². The molecule has 25 heavy (non-hydrogen) atoms. The van der Waals surface area contributed by atoms with E-state index in [4.69, 9.17) is 9.47 Å². The van der Waals surface area contributed by atoms with Crippen LogP contribution in [0.3, 0.4) is 0 Å². The highest BCUT2D eigenvalue weighted by Gasteiger charge is 2.40. The van der Waals surface area contributed by atoms with Crippen LogP contribution in [0.5, 0.6) is 0 Å². The summed E-state index contributed by atoms with van der Waals surface area (Å²) >= 11 is 0. The van der Waals surface area contributed by atoms with Gasteiger partial charge in [0, 0.05) is 23.8 Å². The van der Waals surface area contributed by atoms with Gasteiger partial charge in [0.25, 0.3) is 0 Å². The fourth-order valence-electron chi connectivity index (χ4n) is 4.00. The van der Waals surface area contributed by atoms with Gasteiger partial charge in [0.1, 0.15) is 0 Å². The van der Waals surface area contributed by atoms with Crippen molar-refractivity contribution in [2.75, 3.05) is 18.5 Å². The summed E-state index contributed by atoms with van der Waals surface area (Å²) < 4.78 is 11.3. The van der Waals surface area contributed by atoms with Crippen LogP contribution in [0.4, 0.5) is 5.69 Å². The van der Waals surface area contributed by atoms with Gasteiger partial charge in [-0.2, -0.15) is 0 Å². The first-order valence-corrected chi connectivity index (χ1v) is 9.02. The molecule has 3 atom stereocenters. The Balaban J connectivity index is 1.72. The molecular weight excluding hydrogens is 314 g/mol. The van der Waals surface area contributed by atoms with Gasteiger partial charge in [0.2, 0.25) is 0 Å². The van der Waals surface area contributed by atoms with Gasteiger partial charge in [-0.3, -0.25) is 0 Å². The molecule has 2 aromatic carbocycles. The fourth-order valence-corrected chi connectivity index (χ4v) is 4.00. The lowest BCUT2D eigenvalue weighted by Gasteiger charge is -2.43. The zero-order chi connectivity index (χ0) is 17.2. The Labute approximate surface area is 148 Å². The molecule has 1 saturated heterocycles. The van der Waals surface area contributed by atoms with E-state index in [9.17, 15) is 4.79 Å². The first-order chi connectivity index (χ1) is 12.3. The third-order valence-corrected chi connectivity index (χ3v) is 5.14. The van der Waals surface area contributed by atoms with E-state index < -0.39 is 0 Å². The summed E-state index contributed by atoms with van der Waals surface area (Å²) in [5, 5.41) is 3.68. The van der Waals surface area contributed by atoms with E-state index in [2.05, 4.69) is 29.6 Å². The molecule has 130 valence electrons. The van der Waals surface area contributed by atoms with E-state index in [1.165, 1.54) is 5.56 Å². The second-order valence-electron chi connectivity index (χ2n) is 6.65. The summed E-state index contributed by atoms with van der Waals surface area (Å²) in [6.45, 7) is 2.97. The van der Waals surface area contributed by atoms with E-state index >= 15 is 0 Å². The first kappa shape index (κ1) is 16.2. The van der Waals surface area contributed by atoms with E-state index in [1.54, 1.807) is 0 Å². The summed E-state index contributed by atoms with van der Waals surface area (Å²) in [5.41, 5.74) is 3.99. The molecule has 0 amide bonds. The van der Waals surface area contributed by atoms with Crippen molar-refractivity contribution in [2.24, 2.45) is 5.92 Å². The highest BCUT2D eigenvalue weighted by molar-refractivity contribution is 5.90. The Morgan fingerprint density at radius 2 is 2.08 bits per heavy atom. The summed E-state index contributed by atoms with van der Waals surface area (Å²) in [6.07, 6.45) is 2.20. The molecule has 1 fully saturated rings. The minimum atomic E-state index is -0.275. The lowest BCUT2D eigenvalue weighted by atomic mass is 9.77. The average molecular weight is 337 g/mol. The number of rotatable bonds is 3. The number of anilines is 1. The van der Waals surface area contributed by atoms with Crippen LogP contribution < -0.4 is 5.32 Å². The summed E-state index contributed by atoms with van der Waals surface area (Å²) in [4.78, 5) is 12.1. The minimum absolute atomic E-state index is 0.0181. The molecule has 4 rings (SSSR count). The predicted octanol–water partition coefficient (Wildman–Crippen LogP) is 4.50. The average Bonchev–Trinajstić information content (AvgIpc) is 2.68. The van der Waals surface area contributed by atoms with Crippen LogP contribution in [0.1, 0.15) is 53.4 Å². The van der Waals surface area contributed by atoms with Crippen molar-refractivity contribution in [2.45, 2.75) is 31.9 Å². The molecule has 1 unspecified atom stereocenters. The van der Waals surface area contributed by atoms with Crippen LogP contribution in [0, 0.1) is 5.92 Å². The quantitative estimate of drug-likeness (QED) is 0.838. The number of fused-ring (bicyclic) bond motifs is 3. The lowest BCUT2D eigenvalue weighted by molar-refractivity contribution is -0.0381. The molecule has 0 aliphatic carbocycles. The van der Waals surface area contributed by atoms with Crippen molar-refractivity contribution in [3.05, 3.63) is 65.2 Å². The number of carbonyl (C=O) groups excluding carboxylic acids is 1. The van der Waals surface area contributed by atoms with E-state index in [-0.39, 0.29) is 18.1 Å². The molecule has 2 aliphatic rings. The Hall–Kier alpha value is -2.33. The monoisotopic (exact) mass is 337 g/mol. The molecule has 0 saturated carbocycles. The lowest BCUT2D eigenvalue weighted by Crippen LogP contribution is -2.36. The Morgan fingerprint density at radius 1 is 1.24 bits per heavy atom. The third kappa shape index (κ3) is 3.02. The second kappa shape index (κ2) is 6.89. The van der Waals surface area contributed by atoms with Crippen LogP contribution in [-0.4, -0.2) is 19.2 Å². The van der Waals surface area contributed by atoms with E-state index in [0.717, 1.165) is 30.7 Å². The van der Waals surface area contributed by atoms with Crippen LogP contribution >= 0.6 is 0 Å². The van der Waals surface area contributed by atoms with Gasteiger partial charge in [-0.25, -0.2) is 4.79 Å². The predicted molar refractivity (Wildman–Crippen MR) is 96.6 cm³/mol. The van der Waals surface area contributed by atoms with Crippen molar-refractivity contribution in [3.8, 4) is 0 Å². The highest BCUT2D eigenvalue weighted by Crippen LogP contribution is 2.49. The molecule has 0 spiro atoms. The molecule has 1 N–H and O–H groups in total. The molecule has 2 aliphatic heterocycles. The van der Waals surface area contributed by atoms with Crippen molar-refractivity contribution in [1.29, 1.82) is 0 Å². The molecule has 0 radical (unpaired) electrons. The molecule has 2 aromatic rings. The smallest absolute Gasteiger partial charge is 0.338 e. The number of hydrogen-bond donors (Lipinski definition) is 1. The van der Waals surface area contributed by atoms with Gasteiger partial charge in [0.15, 0.2) is 0 Å². The number of hydrogen-bond acceptors (Lipinski definition) is 4. The molecule has 0 bridgehead atoms. The minimum Gasteiger partial charge on any atom is -0.462 e. The van der Waals surface area contributed by atoms with Crippen LogP contribution in [0.25, 0.3) is 0 Å². The Morgan fingerprint density at radius 3 is 2.88 bits per heavy atom. The summed E-state index contributed by atoms with van der Waals surface area (Å²) in [5.74, 6) is 0.0870. The third-order valence-electron chi connectivity index (χ3n) is 5.14. The first-order valence-electron chi connectivity index (χ1n) is 9.02. The normalized spacial score (nSPS) is 24.6. The summed E-state index contributed by atoms with van der Waals surface area (Å²) in [7, 11) is 0. The van der Waals surface area contributed by atoms with E-state index in [0.29, 0.717) is 18.1 Å². The van der Waals surface area contributed by atoms with Crippen LogP contribution in [0.2, 0.25) is 0 Å². The molecule has 4 nitrogen and oxygen atoms in total. The van der Waals surface area contributed by atoms with Crippen molar-refractivity contribution in [3.63, 3.8) is 0 Å². The topological polar surface area (TPSA) is 47.6 Å². The van der Waals surface area contributed by atoms with Crippen molar-refractivity contribution in [1.82, 2.24) is 0 Å². The van der Waals surface area contributed by atoms with E-state index in [1.807, 2.05) is 31.2 Å². The largest absolute Gasteiger partial charge is 0.462 e. The van der Waals surface area contributed by atoms with Gasteiger partial charge < -0.3 is 14.8 Å². The highest BCUT2D eigenvalue weighted by atomic mass is 16.5. The summed E-state index contributed by atoms with van der Waals surface area (Å²) in [6, 6.07) is 16.5. The van der Waals surface area contributed by atoms with Gasteiger partial charge in [-0.05, 0) is 43.5 Å². The van der Waals surface area contributed by atoms with Crippen LogP contribution in [-0.2, 0) is 9.47 Å². The standard InChI is InChI=1S/C21H23NO3/c1-2-24-21(23)15-10-11-18-17(13-15)20-16(9-6-12-25-20)19(22-18)14-7-4-3-5-8-14/h3-5,7-8,10-11,13,16,19-20,22H,2,6,9,12H2,1H3/t16-,19?,20-/m0/s1. The van der Waals surface area contributed by atoms with Crippen LogP contribution in [0.15, 0.2) is 48.5 Å².